The van der Waals surface area contributed by atoms with E-state index in [1.54, 1.807) is 0 Å². The number of piperidine rings is 1. The largest absolute Gasteiger partial charge is 0.381 e. The average molecular weight is 349 g/mol. The monoisotopic (exact) mass is 349 g/mol. The number of carbonyl (C=O) groups excluding carboxylic acids is 1. The van der Waals surface area contributed by atoms with Crippen molar-refractivity contribution < 1.29 is 9.53 Å². The molecule has 0 saturated carbocycles. The maximum atomic E-state index is 12.4. The molecule has 1 aromatic rings. The molecule has 0 spiro atoms. The van der Waals surface area contributed by atoms with Crippen molar-refractivity contribution in [1.82, 2.24) is 24.6 Å². The number of rotatable bonds is 7. The molecule has 0 bridgehead atoms. The van der Waals surface area contributed by atoms with Crippen LogP contribution in [0.25, 0.3) is 0 Å². The summed E-state index contributed by atoms with van der Waals surface area (Å²) in [4.78, 5) is 16.8. The van der Waals surface area contributed by atoms with Crippen LogP contribution in [0.3, 0.4) is 0 Å². The van der Waals surface area contributed by atoms with Crippen molar-refractivity contribution in [3.8, 4) is 0 Å². The quantitative estimate of drug-likeness (QED) is 0.699. The Balaban J connectivity index is 1.59. The molecule has 1 aromatic heterocycles. The highest BCUT2D eigenvalue weighted by Crippen LogP contribution is 2.26. The number of nitrogens with zero attached hydrogens (tertiary/aromatic N) is 5. The van der Waals surface area contributed by atoms with E-state index < -0.39 is 0 Å². The van der Waals surface area contributed by atoms with E-state index in [1.165, 1.54) is 12.8 Å². The molecule has 2 aliphatic heterocycles. The molecule has 1 unspecified atom stereocenters. The first-order chi connectivity index (χ1) is 12.2. The minimum atomic E-state index is 0.192. The Morgan fingerprint density at radius 3 is 2.76 bits per heavy atom. The van der Waals surface area contributed by atoms with Gasteiger partial charge in [-0.1, -0.05) is 0 Å². The molecule has 1 atom stereocenters. The predicted octanol–water partition coefficient (Wildman–Crippen LogP) is 1.54. The van der Waals surface area contributed by atoms with Gasteiger partial charge in [0.05, 0.1) is 19.6 Å². The highest BCUT2D eigenvalue weighted by atomic mass is 16.5. The zero-order valence-corrected chi connectivity index (χ0v) is 15.6. The van der Waals surface area contributed by atoms with Gasteiger partial charge in [0.2, 0.25) is 5.91 Å². The first-order valence-corrected chi connectivity index (χ1v) is 9.65. The number of hydrogen-bond acceptors (Lipinski definition) is 5. The molecule has 140 valence electrons. The first kappa shape index (κ1) is 18.3. The Bertz CT molecular complexity index is 568. The molecular formula is C18H31N5O2. The van der Waals surface area contributed by atoms with Crippen LogP contribution in [-0.4, -0.2) is 69.9 Å². The van der Waals surface area contributed by atoms with Crippen molar-refractivity contribution in [2.75, 3.05) is 39.4 Å². The second-order valence-electron chi connectivity index (χ2n) is 7.14. The molecule has 7 nitrogen and oxygen atoms in total. The van der Waals surface area contributed by atoms with E-state index in [4.69, 9.17) is 4.74 Å². The van der Waals surface area contributed by atoms with Gasteiger partial charge in [0, 0.05) is 32.7 Å². The summed E-state index contributed by atoms with van der Waals surface area (Å²) in [5, 5.41) is 8.91. The standard InChI is InChI=1S/C18H31N5O2/c1-3-25-12-8-17(24)23-11-6-7-15(13-23)18-20-19-16(21(18)2)14-22-9-4-5-10-22/h15H,3-14H2,1-2H3. The highest BCUT2D eigenvalue weighted by Gasteiger charge is 2.28. The second-order valence-corrected chi connectivity index (χ2v) is 7.14. The van der Waals surface area contributed by atoms with Gasteiger partial charge >= 0.3 is 0 Å². The Hall–Kier alpha value is -1.47. The van der Waals surface area contributed by atoms with Gasteiger partial charge in [0.25, 0.3) is 0 Å². The third kappa shape index (κ3) is 4.58. The van der Waals surface area contributed by atoms with Gasteiger partial charge in [-0.3, -0.25) is 9.69 Å². The van der Waals surface area contributed by atoms with Crippen molar-refractivity contribution >= 4 is 5.91 Å². The Morgan fingerprint density at radius 2 is 2.00 bits per heavy atom. The number of carbonyl (C=O) groups is 1. The summed E-state index contributed by atoms with van der Waals surface area (Å²) in [6.07, 6.45) is 5.14. The van der Waals surface area contributed by atoms with Crippen LogP contribution in [-0.2, 0) is 23.1 Å². The van der Waals surface area contributed by atoms with Crippen molar-refractivity contribution in [2.45, 2.75) is 51.5 Å². The third-order valence-electron chi connectivity index (χ3n) is 5.37. The van der Waals surface area contributed by atoms with E-state index in [0.29, 0.717) is 19.6 Å². The molecule has 0 aromatic carbocycles. The summed E-state index contributed by atoms with van der Waals surface area (Å²) in [7, 11) is 2.07. The zero-order chi connectivity index (χ0) is 17.6. The minimum Gasteiger partial charge on any atom is -0.381 e. The van der Waals surface area contributed by atoms with Gasteiger partial charge < -0.3 is 14.2 Å². The zero-order valence-electron chi connectivity index (χ0n) is 15.6. The number of amides is 1. The summed E-state index contributed by atoms with van der Waals surface area (Å²) in [5.41, 5.74) is 0. The van der Waals surface area contributed by atoms with E-state index in [0.717, 1.165) is 57.2 Å². The van der Waals surface area contributed by atoms with Crippen LogP contribution in [0.15, 0.2) is 0 Å². The second kappa shape index (κ2) is 8.76. The van der Waals surface area contributed by atoms with Crippen LogP contribution in [0, 0.1) is 0 Å². The summed E-state index contributed by atoms with van der Waals surface area (Å²) < 4.78 is 7.46. The minimum absolute atomic E-state index is 0.192. The Labute approximate surface area is 150 Å². The summed E-state index contributed by atoms with van der Waals surface area (Å²) in [6, 6.07) is 0. The lowest BCUT2D eigenvalue weighted by Gasteiger charge is -2.32. The van der Waals surface area contributed by atoms with Gasteiger partial charge in [-0.2, -0.15) is 0 Å². The van der Waals surface area contributed by atoms with Crippen LogP contribution in [0.4, 0.5) is 0 Å². The van der Waals surface area contributed by atoms with Gasteiger partial charge in [-0.05, 0) is 45.7 Å². The molecule has 0 N–H and O–H groups in total. The molecule has 2 aliphatic rings. The van der Waals surface area contributed by atoms with Crippen molar-refractivity contribution in [2.24, 2.45) is 7.05 Å². The topological polar surface area (TPSA) is 63.5 Å². The molecule has 25 heavy (non-hydrogen) atoms. The number of ether oxygens (including phenoxy) is 1. The van der Waals surface area contributed by atoms with Crippen molar-refractivity contribution in [3.05, 3.63) is 11.6 Å². The first-order valence-electron chi connectivity index (χ1n) is 9.65. The fourth-order valence-corrected chi connectivity index (χ4v) is 3.89. The number of hydrogen-bond donors (Lipinski definition) is 0. The van der Waals surface area contributed by atoms with Gasteiger partial charge in [-0.15, -0.1) is 10.2 Å². The smallest absolute Gasteiger partial charge is 0.224 e. The van der Waals surface area contributed by atoms with Crippen LogP contribution in [0.2, 0.25) is 0 Å². The SMILES string of the molecule is CCOCCC(=O)N1CCCC(c2nnc(CN3CCCC3)n2C)C1. The third-order valence-corrected chi connectivity index (χ3v) is 5.37. The van der Waals surface area contributed by atoms with Gasteiger partial charge in [-0.25, -0.2) is 0 Å². The van der Waals surface area contributed by atoms with E-state index in [9.17, 15) is 4.79 Å². The number of aromatic nitrogens is 3. The molecule has 2 fully saturated rings. The predicted molar refractivity (Wildman–Crippen MR) is 95.2 cm³/mol. The lowest BCUT2D eigenvalue weighted by molar-refractivity contribution is -0.133. The fourth-order valence-electron chi connectivity index (χ4n) is 3.89. The normalized spacial score (nSPS) is 21.8. The number of likely N-dealkylation sites (tertiary alicyclic amines) is 2. The van der Waals surface area contributed by atoms with E-state index in [1.807, 2.05) is 11.8 Å². The average Bonchev–Trinajstić information content (AvgIpc) is 3.26. The molecule has 2 saturated heterocycles. The van der Waals surface area contributed by atoms with Crippen molar-refractivity contribution in [3.63, 3.8) is 0 Å². The molecule has 3 rings (SSSR count). The van der Waals surface area contributed by atoms with Crippen LogP contribution < -0.4 is 0 Å². The van der Waals surface area contributed by atoms with Crippen molar-refractivity contribution in [1.29, 1.82) is 0 Å². The maximum Gasteiger partial charge on any atom is 0.224 e. The molecule has 1 amide bonds. The summed E-state index contributed by atoms with van der Waals surface area (Å²) in [6.45, 7) is 7.93. The van der Waals surface area contributed by atoms with E-state index in [-0.39, 0.29) is 11.8 Å². The summed E-state index contributed by atoms with van der Waals surface area (Å²) in [5.74, 6) is 2.54. The summed E-state index contributed by atoms with van der Waals surface area (Å²) >= 11 is 0. The van der Waals surface area contributed by atoms with E-state index in [2.05, 4.69) is 26.7 Å². The molecule has 0 aliphatic carbocycles. The lowest BCUT2D eigenvalue weighted by Crippen LogP contribution is -2.40. The lowest BCUT2D eigenvalue weighted by atomic mass is 9.97. The van der Waals surface area contributed by atoms with Gasteiger partial charge in [0.15, 0.2) is 0 Å². The molecule has 7 heteroatoms. The van der Waals surface area contributed by atoms with Crippen LogP contribution in [0.5, 0.6) is 0 Å². The highest BCUT2D eigenvalue weighted by molar-refractivity contribution is 5.76. The molecule has 0 radical (unpaired) electrons. The Kier molecular flexibility index (Phi) is 6.42. The molecular weight excluding hydrogens is 318 g/mol. The molecule has 3 heterocycles. The fraction of sp³-hybridized carbons (Fsp3) is 0.833. The van der Waals surface area contributed by atoms with Gasteiger partial charge in [0.1, 0.15) is 11.6 Å². The Morgan fingerprint density at radius 1 is 1.20 bits per heavy atom. The van der Waals surface area contributed by atoms with Crippen LogP contribution in [0.1, 0.15) is 56.6 Å². The van der Waals surface area contributed by atoms with E-state index >= 15 is 0 Å². The maximum absolute atomic E-state index is 12.4. The van der Waals surface area contributed by atoms with Crippen LogP contribution >= 0.6 is 0 Å².